The van der Waals surface area contributed by atoms with Crippen molar-refractivity contribution in [2.24, 2.45) is 0 Å². The van der Waals surface area contributed by atoms with Crippen molar-refractivity contribution in [3.63, 3.8) is 0 Å². The predicted molar refractivity (Wildman–Crippen MR) is 64.5 cm³/mol. The lowest BCUT2D eigenvalue weighted by molar-refractivity contribution is -0.130. The molecule has 1 aliphatic heterocycles. The van der Waals surface area contributed by atoms with Crippen molar-refractivity contribution in [2.45, 2.75) is 13.0 Å². The fourth-order valence-electron chi connectivity index (χ4n) is 1.78. The van der Waals surface area contributed by atoms with Gasteiger partial charge in [0.15, 0.2) is 0 Å². The summed E-state index contributed by atoms with van der Waals surface area (Å²) in [5, 5.41) is 2.77. The number of carbonyl (C=O) groups is 2. The van der Waals surface area contributed by atoms with Crippen molar-refractivity contribution < 1.29 is 14.0 Å². The SMILES string of the molecule is O=C1CCN(Cc2c(F)cccc2Cl)C(=O)CN1. The van der Waals surface area contributed by atoms with Crippen LogP contribution < -0.4 is 5.32 Å². The van der Waals surface area contributed by atoms with Gasteiger partial charge in [0.2, 0.25) is 11.8 Å². The van der Waals surface area contributed by atoms with E-state index >= 15 is 0 Å². The minimum absolute atomic E-state index is 0.0507. The first-order valence-electron chi connectivity index (χ1n) is 5.55. The Morgan fingerprint density at radius 3 is 2.89 bits per heavy atom. The molecule has 1 heterocycles. The van der Waals surface area contributed by atoms with Gasteiger partial charge in [-0.1, -0.05) is 17.7 Å². The topological polar surface area (TPSA) is 49.4 Å². The number of halogens is 2. The Bertz CT molecular complexity index is 473. The average molecular weight is 271 g/mol. The zero-order valence-electron chi connectivity index (χ0n) is 9.58. The lowest BCUT2D eigenvalue weighted by Gasteiger charge is -2.20. The summed E-state index contributed by atoms with van der Waals surface area (Å²) < 4.78 is 13.6. The number of hydrogen-bond acceptors (Lipinski definition) is 2. The second-order valence-electron chi connectivity index (χ2n) is 4.04. The Hall–Kier alpha value is -1.62. The number of benzene rings is 1. The van der Waals surface area contributed by atoms with Crippen LogP contribution in [0.4, 0.5) is 4.39 Å². The van der Waals surface area contributed by atoms with Crippen LogP contribution in [0.2, 0.25) is 5.02 Å². The standard InChI is InChI=1S/C12H12ClFN2O2/c13-9-2-1-3-10(14)8(9)7-16-5-4-11(17)15-6-12(16)18/h1-3H,4-7H2,(H,15,17). The van der Waals surface area contributed by atoms with E-state index in [4.69, 9.17) is 11.6 Å². The summed E-state index contributed by atoms with van der Waals surface area (Å²) >= 11 is 5.91. The molecule has 0 aliphatic carbocycles. The molecule has 0 radical (unpaired) electrons. The highest BCUT2D eigenvalue weighted by atomic mass is 35.5. The van der Waals surface area contributed by atoms with Crippen molar-refractivity contribution in [1.82, 2.24) is 10.2 Å². The van der Waals surface area contributed by atoms with E-state index in [1.807, 2.05) is 0 Å². The van der Waals surface area contributed by atoms with Crippen molar-refractivity contribution in [3.8, 4) is 0 Å². The summed E-state index contributed by atoms with van der Waals surface area (Å²) in [6, 6.07) is 4.38. The Labute approximate surface area is 109 Å². The van der Waals surface area contributed by atoms with Gasteiger partial charge >= 0.3 is 0 Å². The molecule has 18 heavy (non-hydrogen) atoms. The first-order chi connectivity index (χ1) is 8.58. The third-order valence-electron chi connectivity index (χ3n) is 2.81. The quantitative estimate of drug-likeness (QED) is 0.881. The van der Waals surface area contributed by atoms with Crippen molar-refractivity contribution in [3.05, 3.63) is 34.6 Å². The van der Waals surface area contributed by atoms with Gasteiger partial charge in [-0.2, -0.15) is 0 Å². The molecule has 0 saturated carbocycles. The average Bonchev–Trinajstić information content (AvgIpc) is 2.48. The van der Waals surface area contributed by atoms with E-state index in [0.717, 1.165) is 0 Å². The molecule has 6 heteroatoms. The number of rotatable bonds is 2. The largest absolute Gasteiger partial charge is 0.347 e. The molecule has 0 aromatic heterocycles. The number of hydrogen-bond donors (Lipinski definition) is 1. The van der Waals surface area contributed by atoms with Crippen molar-refractivity contribution >= 4 is 23.4 Å². The van der Waals surface area contributed by atoms with Gasteiger partial charge in [-0.3, -0.25) is 9.59 Å². The lowest BCUT2D eigenvalue weighted by Crippen LogP contribution is -2.35. The van der Waals surface area contributed by atoms with Gasteiger partial charge in [0, 0.05) is 23.6 Å². The van der Waals surface area contributed by atoms with Crippen LogP contribution in [0.1, 0.15) is 12.0 Å². The first-order valence-corrected chi connectivity index (χ1v) is 5.93. The molecular formula is C12H12ClFN2O2. The molecule has 0 unspecified atom stereocenters. The molecule has 1 fully saturated rings. The highest BCUT2D eigenvalue weighted by Gasteiger charge is 2.21. The summed E-state index contributed by atoms with van der Waals surface area (Å²) in [4.78, 5) is 24.3. The third kappa shape index (κ3) is 2.79. The molecule has 1 N–H and O–H groups in total. The molecule has 0 atom stereocenters. The fraction of sp³-hybridized carbons (Fsp3) is 0.333. The molecule has 1 saturated heterocycles. The second kappa shape index (κ2) is 5.35. The van der Waals surface area contributed by atoms with E-state index in [1.165, 1.54) is 17.0 Å². The predicted octanol–water partition coefficient (Wildman–Crippen LogP) is 1.33. The maximum atomic E-state index is 13.6. The molecule has 96 valence electrons. The molecule has 4 nitrogen and oxygen atoms in total. The number of amides is 2. The van der Waals surface area contributed by atoms with E-state index in [1.54, 1.807) is 6.07 Å². The molecule has 1 aromatic rings. The monoisotopic (exact) mass is 270 g/mol. The first kappa shape index (κ1) is 12.8. The van der Waals surface area contributed by atoms with Crippen molar-refractivity contribution in [1.29, 1.82) is 0 Å². The molecule has 0 bridgehead atoms. The Balaban J connectivity index is 2.17. The number of nitrogens with zero attached hydrogens (tertiary/aromatic N) is 1. The summed E-state index contributed by atoms with van der Waals surface area (Å²) in [5.41, 5.74) is 0.280. The van der Waals surface area contributed by atoms with E-state index in [0.29, 0.717) is 0 Å². The fourth-order valence-corrected chi connectivity index (χ4v) is 2.00. The maximum Gasteiger partial charge on any atom is 0.242 e. The van der Waals surface area contributed by atoms with Gasteiger partial charge in [0.25, 0.3) is 0 Å². The van der Waals surface area contributed by atoms with E-state index in [-0.39, 0.29) is 48.5 Å². The molecule has 0 spiro atoms. The van der Waals surface area contributed by atoms with Crippen LogP contribution in [0.3, 0.4) is 0 Å². The third-order valence-corrected chi connectivity index (χ3v) is 3.16. The molecule has 1 aliphatic rings. The maximum absolute atomic E-state index is 13.6. The van der Waals surface area contributed by atoms with E-state index < -0.39 is 5.82 Å². The Morgan fingerprint density at radius 2 is 2.17 bits per heavy atom. The highest BCUT2D eigenvalue weighted by Crippen LogP contribution is 2.21. The Morgan fingerprint density at radius 1 is 1.39 bits per heavy atom. The zero-order chi connectivity index (χ0) is 13.1. The zero-order valence-corrected chi connectivity index (χ0v) is 10.3. The number of nitrogens with one attached hydrogen (secondary N) is 1. The molecule has 2 amide bonds. The molecule has 2 rings (SSSR count). The molecular weight excluding hydrogens is 259 g/mol. The Kier molecular flexibility index (Phi) is 3.81. The van der Waals surface area contributed by atoms with Gasteiger partial charge in [0.1, 0.15) is 5.82 Å². The van der Waals surface area contributed by atoms with Gasteiger partial charge in [-0.15, -0.1) is 0 Å². The smallest absolute Gasteiger partial charge is 0.242 e. The van der Waals surface area contributed by atoms with Crippen LogP contribution in [0, 0.1) is 5.82 Å². The molecule has 1 aromatic carbocycles. The summed E-state index contributed by atoms with van der Waals surface area (Å²) in [6.45, 7) is 0.305. The van der Waals surface area contributed by atoms with Gasteiger partial charge in [-0.25, -0.2) is 4.39 Å². The normalized spacial score (nSPS) is 16.4. The number of carbonyl (C=O) groups excluding carboxylic acids is 2. The van der Waals surface area contributed by atoms with Gasteiger partial charge in [-0.05, 0) is 12.1 Å². The summed E-state index contributed by atoms with van der Waals surface area (Å²) in [6.07, 6.45) is 0.220. The van der Waals surface area contributed by atoms with Crippen LogP contribution in [0.5, 0.6) is 0 Å². The van der Waals surface area contributed by atoms with Gasteiger partial charge < -0.3 is 10.2 Å². The summed E-state index contributed by atoms with van der Waals surface area (Å²) in [7, 11) is 0. The minimum Gasteiger partial charge on any atom is -0.347 e. The minimum atomic E-state index is -0.446. The van der Waals surface area contributed by atoms with Crippen molar-refractivity contribution in [2.75, 3.05) is 13.1 Å². The lowest BCUT2D eigenvalue weighted by atomic mass is 10.2. The van der Waals surface area contributed by atoms with Crippen LogP contribution in [0.25, 0.3) is 0 Å². The van der Waals surface area contributed by atoms with Crippen LogP contribution in [0.15, 0.2) is 18.2 Å². The van der Waals surface area contributed by atoms with Gasteiger partial charge in [0.05, 0.1) is 13.1 Å². The van der Waals surface area contributed by atoms with Crippen LogP contribution in [-0.2, 0) is 16.1 Å². The van der Waals surface area contributed by atoms with E-state index in [2.05, 4.69) is 5.32 Å². The highest BCUT2D eigenvalue weighted by molar-refractivity contribution is 6.31. The van der Waals surface area contributed by atoms with Crippen LogP contribution >= 0.6 is 11.6 Å². The summed E-state index contributed by atoms with van der Waals surface area (Å²) in [5.74, 6) is -0.857. The second-order valence-corrected chi connectivity index (χ2v) is 4.45. The van der Waals surface area contributed by atoms with E-state index in [9.17, 15) is 14.0 Å². The van der Waals surface area contributed by atoms with Crippen LogP contribution in [-0.4, -0.2) is 29.8 Å².